The summed E-state index contributed by atoms with van der Waals surface area (Å²) in [5.74, 6) is 0.453. The van der Waals surface area contributed by atoms with E-state index < -0.39 is 0 Å². The summed E-state index contributed by atoms with van der Waals surface area (Å²) in [5, 5.41) is 5.39. The standard InChI is InChI=1S/C20H24N2O4/c1-12(2)26-16-10-9-14(11-17(16)25-5)19(23)22-15-8-6-7-13(3)18(15)20(24)21-4/h6-12H,1-5H3,(H,21,24)(H,22,23). The average molecular weight is 356 g/mol. The molecule has 2 aromatic rings. The number of carbonyl (C=O) groups excluding carboxylic acids is 2. The second kappa shape index (κ2) is 8.38. The van der Waals surface area contributed by atoms with Crippen LogP contribution in [0.1, 0.15) is 40.1 Å². The molecule has 0 bridgehead atoms. The van der Waals surface area contributed by atoms with Gasteiger partial charge < -0.3 is 20.1 Å². The molecule has 0 saturated carbocycles. The number of aryl methyl sites for hydroxylation is 1. The lowest BCUT2D eigenvalue weighted by molar-refractivity contribution is 0.0963. The van der Waals surface area contributed by atoms with Gasteiger partial charge in [-0.1, -0.05) is 12.1 Å². The largest absolute Gasteiger partial charge is 0.493 e. The summed E-state index contributed by atoms with van der Waals surface area (Å²) >= 11 is 0. The van der Waals surface area contributed by atoms with Gasteiger partial charge in [0, 0.05) is 12.6 Å². The number of amides is 2. The lowest BCUT2D eigenvalue weighted by atomic mass is 10.1. The molecule has 2 aromatic carbocycles. The van der Waals surface area contributed by atoms with Gasteiger partial charge in [0.15, 0.2) is 11.5 Å². The Morgan fingerprint density at radius 2 is 1.77 bits per heavy atom. The zero-order valence-corrected chi connectivity index (χ0v) is 15.7. The topological polar surface area (TPSA) is 76.7 Å². The quantitative estimate of drug-likeness (QED) is 0.832. The van der Waals surface area contributed by atoms with Crippen molar-refractivity contribution in [3.8, 4) is 11.5 Å². The predicted molar refractivity (Wildman–Crippen MR) is 101 cm³/mol. The average Bonchev–Trinajstić information content (AvgIpc) is 2.61. The Balaban J connectivity index is 2.31. The van der Waals surface area contributed by atoms with E-state index in [1.165, 1.54) is 7.11 Å². The van der Waals surface area contributed by atoms with Crippen molar-refractivity contribution in [1.82, 2.24) is 5.32 Å². The fourth-order valence-corrected chi connectivity index (χ4v) is 2.55. The SMILES string of the molecule is CNC(=O)c1c(C)cccc1NC(=O)c1ccc(OC(C)C)c(OC)c1. The number of nitrogens with one attached hydrogen (secondary N) is 2. The minimum absolute atomic E-state index is 0.00835. The molecule has 0 heterocycles. The molecule has 0 radical (unpaired) electrons. The minimum atomic E-state index is -0.338. The Morgan fingerprint density at radius 1 is 1.04 bits per heavy atom. The van der Waals surface area contributed by atoms with Gasteiger partial charge >= 0.3 is 0 Å². The van der Waals surface area contributed by atoms with Crippen LogP contribution in [0.5, 0.6) is 11.5 Å². The van der Waals surface area contributed by atoms with Gasteiger partial charge in [0.25, 0.3) is 11.8 Å². The summed E-state index contributed by atoms with van der Waals surface area (Å²) in [4.78, 5) is 24.8. The van der Waals surface area contributed by atoms with E-state index in [2.05, 4.69) is 10.6 Å². The number of methoxy groups -OCH3 is 1. The van der Waals surface area contributed by atoms with Gasteiger partial charge in [-0.15, -0.1) is 0 Å². The van der Waals surface area contributed by atoms with Crippen LogP contribution in [0.3, 0.4) is 0 Å². The molecule has 0 saturated heterocycles. The first kappa shape index (κ1) is 19.3. The molecule has 2 amide bonds. The molecule has 0 aliphatic rings. The highest BCUT2D eigenvalue weighted by molar-refractivity contribution is 6.09. The monoisotopic (exact) mass is 356 g/mol. The van der Waals surface area contributed by atoms with Crippen molar-refractivity contribution in [2.75, 3.05) is 19.5 Å². The Morgan fingerprint density at radius 3 is 2.38 bits per heavy atom. The molecule has 0 aromatic heterocycles. The van der Waals surface area contributed by atoms with Crippen LogP contribution < -0.4 is 20.1 Å². The lowest BCUT2D eigenvalue weighted by Gasteiger charge is -2.15. The van der Waals surface area contributed by atoms with Crippen molar-refractivity contribution in [2.24, 2.45) is 0 Å². The van der Waals surface area contributed by atoms with E-state index >= 15 is 0 Å². The van der Waals surface area contributed by atoms with E-state index in [1.807, 2.05) is 26.8 Å². The van der Waals surface area contributed by atoms with Crippen molar-refractivity contribution in [3.63, 3.8) is 0 Å². The summed E-state index contributed by atoms with van der Waals surface area (Å²) in [5.41, 5.74) is 2.08. The lowest BCUT2D eigenvalue weighted by Crippen LogP contribution is -2.22. The normalized spacial score (nSPS) is 10.4. The van der Waals surface area contributed by atoms with Gasteiger partial charge in [-0.2, -0.15) is 0 Å². The minimum Gasteiger partial charge on any atom is -0.493 e. The summed E-state index contributed by atoms with van der Waals surface area (Å²) in [6.45, 7) is 5.65. The number of benzene rings is 2. The fraction of sp³-hybridized carbons (Fsp3) is 0.300. The third-order valence-electron chi connectivity index (χ3n) is 3.76. The Bertz CT molecular complexity index is 815. The van der Waals surface area contributed by atoms with Crippen molar-refractivity contribution in [3.05, 3.63) is 53.1 Å². The molecule has 6 heteroatoms. The van der Waals surface area contributed by atoms with Crippen LogP contribution in [-0.2, 0) is 0 Å². The van der Waals surface area contributed by atoms with E-state index in [9.17, 15) is 9.59 Å². The van der Waals surface area contributed by atoms with Gasteiger partial charge in [0.2, 0.25) is 0 Å². The van der Waals surface area contributed by atoms with Gasteiger partial charge in [0.1, 0.15) is 0 Å². The molecule has 0 fully saturated rings. The number of hydrogen-bond acceptors (Lipinski definition) is 4. The first-order valence-electron chi connectivity index (χ1n) is 8.35. The second-order valence-corrected chi connectivity index (χ2v) is 6.06. The first-order chi connectivity index (χ1) is 12.4. The third-order valence-corrected chi connectivity index (χ3v) is 3.76. The van der Waals surface area contributed by atoms with Gasteiger partial charge in [-0.05, 0) is 50.6 Å². The highest BCUT2D eigenvalue weighted by Gasteiger charge is 2.17. The van der Waals surface area contributed by atoms with E-state index in [1.54, 1.807) is 37.4 Å². The highest BCUT2D eigenvalue weighted by Crippen LogP contribution is 2.29. The molecule has 138 valence electrons. The van der Waals surface area contributed by atoms with E-state index in [4.69, 9.17) is 9.47 Å². The van der Waals surface area contributed by atoms with Gasteiger partial charge in [-0.25, -0.2) is 0 Å². The molecule has 2 rings (SSSR count). The maximum absolute atomic E-state index is 12.7. The molecule has 26 heavy (non-hydrogen) atoms. The maximum Gasteiger partial charge on any atom is 0.255 e. The predicted octanol–water partition coefficient (Wildman–Crippen LogP) is 3.40. The number of hydrogen-bond donors (Lipinski definition) is 2. The Kier molecular flexibility index (Phi) is 6.22. The van der Waals surface area contributed by atoms with Crippen LogP contribution in [0.25, 0.3) is 0 Å². The number of anilines is 1. The van der Waals surface area contributed by atoms with Crippen molar-refractivity contribution in [1.29, 1.82) is 0 Å². The number of carbonyl (C=O) groups is 2. The summed E-state index contributed by atoms with van der Waals surface area (Å²) in [7, 11) is 3.08. The van der Waals surface area contributed by atoms with Crippen LogP contribution in [0, 0.1) is 6.92 Å². The fourth-order valence-electron chi connectivity index (χ4n) is 2.55. The van der Waals surface area contributed by atoms with Gasteiger partial charge in [-0.3, -0.25) is 9.59 Å². The molecule has 0 atom stereocenters. The molecule has 6 nitrogen and oxygen atoms in total. The van der Waals surface area contributed by atoms with Crippen LogP contribution >= 0.6 is 0 Å². The maximum atomic E-state index is 12.7. The highest BCUT2D eigenvalue weighted by atomic mass is 16.5. The van der Waals surface area contributed by atoms with Gasteiger partial charge in [0.05, 0.1) is 24.5 Å². The number of rotatable bonds is 6. The molecular weight excluding hydrogens is 332 g/mol. The molecule has 0 aliphatic carbocycles. The number of ether oxygens (including phenoxy) is 2. The Labute approximate surface area is 153 Å². The van der Waals surface area contributed by atoms with E-state index in [-0.39, 0.29) is 17.9 Å². The van der Waals surface area contributed by atoms with Crippen molar-refractivity contribution < 1.29 is 19.1 Å². The summed E-state index contributed by atoms with van der Waals surface area (Å²) in [6.07, 6.45) is -0.00835. The van der Waals surface area contributed by atoms with Crippen LogP contribution in [0.4, 0.5) is 5.69 Å². The Hall–Kier alpha value is -3.02. The molecular formula is C20H24N2O4. The smallest absolute Gasteiger partial charge is 0.255 e. The van der Waals surface area contributed by atoms with E-state index in [0.717, 1.165) is 5.56 Å². The summed E-state index contributed by atoms with van der Waals surface area (Å²) in [6, 6.07) is 10.3. The molecule has 0 spiro atoms. The second-order valence-electron chi connectivity index (χ2n) is 6.06. The molecule has 0 unspecified atom stereocenters. The van der Waals surface area contributed by atoms with E-state index in [0.29, 0.717) is 28.3 Å². The van der Waals surface area contributed by atoms with Crippen molar-refractivity contribution >= 4 is 17.5 Å². The third kappa shape index (κ3) is 4.33. The van der Waals surface area contributed by atoms with Crippen LogP contribution in [0.15, 0.2) is 36.4 Å². The van der Waals surface area contributed by atoms with Crippen LogP contribution in [-0.4, -0.2) is 32.1 Å². The zero-order valence-electron chi connectivity index (χ0n) is 15.7. The molecule has 0 aliphatic heterocycles. The van der Waals surface area contributed by atoms with Crippen molar-refractivity contribution in [2.45, 2.75) is 26.9 Å². The molecule has 2 N–H and O–H groups in total. The first-order valence-corrected chi connectivity index (χ1v) is 8.35. The van der Waals surface area contributed by atoms with Crippen LogP contribution in [0.2, 0.25) is 0 Å². The summed E-state index contributed by atoms with van der Waals surface area (Å²) < 4.78 is 11.0. The zero-order chi connectivity index (χ0) is 19.3.